The predicted molar refractivity (Wildman–Crippen MR) is 101 cm³/mol. The highest BCUT2D eigenvalue weighted by Gasteiger charge is 2.26. The number of ether oxygens (including phenoxy) is 1. The summed E-state index contributed by atoms with van der Waals surface area (Å²) in [4.78, 5) is 19.7. The van der Waals surface area contributed by atoms with Gasteiger partial charge >= 0.3 is 0 Å². The van der Waals surface area contributed by atoms with Crippen LogP contribution in [-0.4, -0.2) is 35.0 Å². The number of hydrogen-bond acceptors (Lipinski definition) is 4. The first-order valence-corrected chi connectivity index (χ1v) is 9.19. The highest BCUT2D eigenvalue weighted by molar-refractivity contribution is 7.10. The van der Waals surface area contributed by atoms with E-state index in [0.717, 1.165) is 22.2 Å². The van der Waals surface area contributed by atoms with Gasteiger partial charge in [-0.3, -0.25) is 4.79 Å². The minimum Gasteiger partial charge on any atom is -0.472 e. The quantitative estimate of drug-likeness (QED) is 0.668. The maximum atomic E-state index is 12.3. The van der Waals surface area contributed by atoms with Gasteiger partial charge in [-0.15, -0.1) is 11.3 Å². The largest absolute Gasteiger partial charge is 0.472 e. The number of benzene rings is 1. The van der Waals surface area contributed by atoms with Crippen LogP contribution in [0, 0.1) is 0 Å². The maximum Gasteiger partial charge on any atom is 0.246 e. The fourth-order valence-corrected chi connectivity index (χ4v) is 3.57. The third-order valence-corrected chi connectivity index (χ3v) is 5.09. The van der Waals surface area contributed by atoms with Crippen LogP contribution in [0.25, 0.3) is 17.0 Å². The lowest BCUT2D eigenvalue weighted by molar-refractivity contribution is -0.125. The zero-order chi connectivity index (χ0) is 17.1. The Morgan fingerprint density at radius 3 is 3.00 bits per heavy atom. The van der Waals surface area contributed by atoms with Gasteiger partial charge in [-0.2, -0.15) is 0 Å². The SMILES string of the molecule is O=C(/C=C/c1cccs1)N1CCC(Oc2ccc3ccccc3n2)C1. The summed E-state index contributed by atoms with van der Waals surface area (Å²) < 4.78 is 5.99. The monoisotopic (exact) mass is 350 g/mol. The molecule has 1 aliphatic heterocycles. The molecule has 1 fully saturated rings. The van der Waals surface area contributed by atoms with Crippen LogP contribution in [0.15, 0.2) is 60.0 Å². The first kappa shape index (κ1) is 15.8. The van der Waals surface area contributed by atoms with Crippen molar-refractivity contribution in [2.45, 2.75) is 12.5 Å². The average Bonchev–Trinajstić information content (AvgIpc) is 3.31. The summed E-state index contributed by atoms with van der Waals surface area (Å²) in [7, 11) is 0. The zero-order valence-electron chi connectivity index (χ0n) is 13.7. The van der Waals surface area contributed by atoms with Crippen LogP contribution in [0.2, 0.25) is 0 Å². The lowest BCUT2D eigenvalue weighted by Gasteiger charge is -2.15. The van der Waals surface area contributed by atoms with Gasteiger partial charge in [0.05, 0.1) is 12.1 Å². The van der Waals surface area contributed by atoms with E-state index in [1.807, 2.05) is 64.9 Å². The van der Waals surface area contributed by atoms with E-state index in [-0.39, 0.29) is 12.0 Å². The van der Waals surface area contributed by atoms with E-state index in [2.05, 4.69) is 4.98 Å². The summed E-state index contributed by atoms with van der Waals surface area (Å²) in [5.41, 5.74) is 0.921. The molecule has 1 saturated heterocycles. The third kappa shape index (κ3) is 3.72. The summed E-state index contributed by atoms with van der Waals surface area (Å²) in [5.74, 6) is 0.651. The molecule has 1 aliphatic rings. The second kappa shape index (κ2) is 7.07. The number of nitrogens with zero attached hydrogens (tertiary/aromatic N) is 2. The Morgan fingerprint density at radius 1 is 1.20 bits per heavy atom. The minimum absolute atomic E-state index is 0.00671. The zero-order valence-corrected chi connectivity index (χ0v) is 14.5. The van der Waals surface area contributed by atoms with Gasteiger partial charge in [-0.05, 0) is 29.7 Å². The topological polar surface area (TPSA) is 42.4 Å². The Labute approximate surface area is 150 Å². The number of likely N-dealkylation sites (tertiary alicyclic amines) is 1. The lowest BCUT2D eigenvalue weighted by atomic mass is 10.2. The van der Waals surface area contributed by atoms with Crippen LogP contribution in [0.1, 0.15) is 11.3 Å². The highest BCUT2D eigenvalue weighted by Crippen LogP contribution is 2.20. The standard InChI is InChI=1S/C20H18N2O2S/c23-20(10-8-17-5-3-13-25-17)22-12-11-16(14-22)24-19-9-7-15-4-1-2-6-18(15)21-19/h1-10,13,16H,11-12,14H2/b10-8+. The lowest BCUT2D eigenvalue weighted by Crippen LogP contribution is -2.29. The molecule has 1 unspecified atom stereocenters. The Balaban J connectivity index is 1.37. The van der Waals surface area contributed by atoms with Gasteiger partial charge in [-0.25, -0.2) is 4.98 Å². The van der Waals surface area contributed by atoms with Crippen molar-refractivity contribution < 1.29 is 9.53 Å². The highest BCUT2D eigenvalue weighted by atomic mass is 32.1. The molecular weight excluding hydrogens is 332 g/mol. The van der Waals surface area contributed by atoms with E-state index < -0.39 is 0 Å². The average molecular weight is 350 g/mol. The van der Waals surface area contributed by atoms with Gasteiger partial charge in [0.1, 0.15) is 6.10 Å². The van der Waals surface area contributed by atoms with Gasteiger partial charge in [0.25, 0.3) is 0 Å². The molecule has 0 bridgehead atoms. The number of carbonyl (C=O) groups excluding carboxylic acids is 1. The Kier molecular flexibility index (Phi) is 4.48. The molecule has 3 heterocycles. The van der Waals surface area contributed by atoms with E-state index in [9.17, 15) is 4.79 Å². The van der Waals surface area contributed by atoms with Crippen LogP contribution in [0.4, 0.5) is 0 Å². The number of carbonyl (C=O) groups is 1. The number of pyridine rings is 1. The van der Waals surface area contributed by atoms with Crippen molar-refractivity contribution in [1.82, 2.24) is 9.88 Å². The summed E-state index contributed by atoms with van der Waals surface area (Å²) >= 11 is 1.62. The molecule has 5 heteroatoms. The van der Waals surface area contributed by atoms with Crippen molar-refractivity contribution in [3.05, 3.63) is 64.9 Å². The molecule has 1 amide bonds. The van der Waals surface area contributed by atoms with Crippen LogP contribution in [0.3, 0.4) is 0 Å². The molecule has 25 heavy (non-hydrogen) atoms. The molecule has 0 spiro atoms. The van der Waals surface area contributed by atoms with Crippen molar-refractivity contribution in [2.75, 3.05) is 13.1 Å². The fraction of sp³-hybridized carbons (Fsp3) is 0.200. The molecule has 0 radical (unpaired) electrons. The number of hydrogen-bond donors (Lipinski definition) is 0. The van der Waals surface area contributed by atoms with Crippen LogP contribution >= 0.6 is 11.3 Å². The van der Waals surface area contributed by atoms with Gasteiger partial charge < -0.3 is 9.64 Å². The Hall–Kier alpha value is -2.66. The summed E-state index contributed by atoms with van der Waals surface area (Å²) in [6.45, 7) is 1.31. The predicted octanol–water partition coefficient (Wildman–Crippen LogP) is 3.99. The number of amides is 1. The molecule has 0 N–H and O–H groups in total. The van der Waals surface area contributed by atoms with Crippen molar-refractivity contribution in [2.24, 2.45) is 0 Å². The van der Waals surface area contributed by atoms with Crippen LogP contribution in [-0.2, 0) is 4.79 Å². The van der Waals surface area contributed by atoms with Gasteiger partial charge in [0.2, 0.25) is 11.8 Å². The van der Waals surface area contributed by atoms with Crippen molar-refractivity contribution in [3.8, 4) is 5.88 Å². The van der Waals surface area contributed by atoms with E-state index in [1.54, 1.807) is 17.4 Å². The van der Waals surface area contributed by atoms with Crippen molar-refractivity contribution in [1.29, 1.82) is 0 Å². The molecule has 1 aromatic carbocycles. The number of aromatic nitrogens is 1. The molecule has 0 aliphatic carbocycles. The summed E-state index contributed by atoms with van der Waals surface area (Å²) in [5, 5.41) is 3.09. The molecule has 3 aromatic rings. The van der Waals surface area contributed by atoms with E-state index in [0.29, 0.717) is 19.0 Å². The molecular formula is C20H18N2O2S. The molecule has 0 saturated carbocycles. The first-order chi connectivity index (χ1) is 12.3. The number of para-hydroxylation sites is 1. The summed E-state index contributed by atoms with van der Waals surface area (Å²) in [6, 6.07) is 15.8. The number of rotatable bonds is 4. The maximum absolute atomic E-state index is 12.3. The summed E-state index contributed by atoms with van der Waals surface area (Å²) in [6.07, 6.45) is 4.33. The van der Waals surface area contributed by atoms with Crippen LogP contribution < -0.4 is 4.74 Å². The third-order valence-electron chi connectivity index (χ3n) is 4.25. The fourth-order valence-electron chi connectivity index (χ4n) is 2.95. The normalized spacial score (nSPS) is 17.4. The van der Waals surface area contributed by atoms with E-state index in [4.69, 9.17) is 4.74 Å². The molecule has 4 nitrogen and oxygen atoms in total. The van der Waals surface area contributed by atoms with E-state index in [1.165, 1.54) is 0 Å². The Bertz CT molecular complexity index is 905. The van der Waals surface area contributed by atoms with Crippen LogP contribution in [0.5, 0.6) is 5.88 Å². The Morgan fingerprint density at radius 2 is 2.12 bits per heavy atom. The van der Waals surface area contributed by atoms with Crippen molar-refractivity contribution in [3.63, 3.8) is 0 Å². The second-order valence-corrected chi connectivity index (χ2v) is 6.98. The van der Waals surface area contributed by atoms with Crippen molar-refractivity contribution >= 4 is 34.2 Å². The molecule has 1 atom stereocenters. The first-order valence-electron chi connectivity index (χ1n) is 8.31. The van der Waals surface area contributed by atoms with E-state index >= 15 is 0 Å². The molecule has 126 valence electrons. The number of fused-ring (bicyclic) bond motifs is 1. The number of thiophene rings is 1. The molecule has 2 aromatic heterocycles. The minimum atomic E-state index is -0.00671. The molecule has 4 rings (SSSR count). The van der Waals surface area contributed by atoms with Gasteiger partial charge in [0, 0.05) is 35.4 Å². The van der Waals surface area contributed by atoms with Gasteiger partial charge in [0.15, 0.2) is 0 Å². The smallest absolute Gasteiger partial charge is 0.246 e. The second-order valence-electron chi connectivity index (χ2n) is 6.00. The van der Waals surface area contributed by atoms with Gasteiger partial charge in [-0.1, -0.05) is 24.3 Å².